The largest absolute Gasteiger partial charge is 0.479 e. The fourth-order valence-electron chi connectivity index (χ4n) is 0.901. The predicted molar refractivity (Wildman–Crippen MR) is 48.3 cm³/mol. The van der Waals surface area contributed by atoms with E-state index in [1.807, 2.05) is 0 Å². The second kappa shape index (κ2) is 3.89. The van der Waals surface area contributed by atoms with Crippen molar-refractivity contribution >= 4 is 21.9 Å². The molecule has 2 N–H and O–H groups in total. The maximum Gasteiger partial charge on any atom is 0.332 e. The molecule has 0 saturated carbocycles. The van der Waals surface area contributed by atoms with Crippen LogP contribution in [0.15, 0.2) is 10.8 Å². The minimum Gasteiger partial charge on any atom is -0.479 e. The second-order valence-electron chi connectivity index (χ2n) is 2.64. The molecular weight excluding hydrogens is 240 g/mol. The molecule has 1 aromatic rings. The third-order valence-corrected chi connectivity index (χ3v) is 2.66. The zero-order valence-corrected chi connectivity index (χ0v) is 8.52. The van der Waals surface area contributed by atoms with Crippen molar-refractivity contribution in [1.82, 2.24) is 9.78 Å². The van der Waals surface area contributed by atoms with Gasteiger partial charge in [0.25, 0.3) is 0 Å². The van der Waals surface area contributed by atoms with Crippen molar-refractivity contribution in [3.63, 3.8) is 0 Å². The monoisotopic (exact) mass is 248 g/mol. The Morgan fingerprint density at radius 2 is 2.46 bits per heavy atom. The Hall–Kier alpha value is -0.880. The summed E-state index contributed by atoms with van der Waals surface area (Å²) in [7, 11) is 1.72. The first kappa shape index (κ1) is 10.2. The van der Waals surface area contributed by atoms with Crippen molar-refractivity contribution in [1.29, 1.82) is 0 Å². The summed E-state index contributed by atoms with van der Waals surface area (Å²) in [6, 6.07) is 0. The molecule has 1 aromatic heterocycles. The molecule has 0 aliphatic carbocycles. The quantitative estimate of drug-likeness (QED) is 0.800. The molecule has 0 aliphatic heterocycles. The molecule has 0 radical (unpaired) electrons. The fraction of sp³-hybridized carbons (Fsp3) is 0.429. The van der Waals surface area contributed by atoms with Crippen LogP contribution in [0.25, 0.3) is 0 Å². The molecule has 1 heterocycles. The van der Waals surface area contributed by atoms with Crippen LogP contribution in [0.1, 0.15) is 5.56 Å². The van der Waals surface area contributed by atoms with Crippen molar-refractivity contribution in [2.24, 2.45) is 7.05 Å². The summed E-state index contributed by atoms with van der Waals surface area (Å²) in [5, 5.41) is 21.4. The van der Waals surface area contributed by atoms with Crippen LogP contribution in [-0.4, -0.2) is 32.1 Å². The van der Waals surface area contributed by atoms with E-state index in [1.165, 1.54) is 6.20 Å². The third-order valence-electron chi connectivity index (χ3n) is 1.63. The smallest absolute Gasteiger partial charge is 0.332 e. The van der Waals surface area contributed by atoms with Gasteiger partial charge in [-0.1, -0.05) is 0 Å². The summed E-state index contributed by atoms with van der Waals surface area (Å²) in [5.74, 6) is -1.23. The number of nitrogens with zero attached hydrogens (tertiary/aromatic N) is 2. The van der Waals surface area contributed by atoms with Crippen LogP contribution in [0.5, 0.6) is 0 Å². The molecule has 0 saturated heterocycles. The number of rotatable bonds is 3. The number of carboxylic acid groups (broad SMARTS) is 1. The third kappa shape index (κ3) is 2.28. The molecule has 0 aromatic carbocycles. The van der Waals surface area contributed by atoms with Gasteiger partial charge in [0.15, 0.2) is 6.10 Å². The molecule has 72 valence electrons. The normalized spacial score (nSPS) is 12.8. The lowest BCUT2D eigenvalue weighted by atomic mass is 10.1. The highest BCUT2D eigenvalue weighted by Gasteiger charge is 2.16. The number of aryl methyl sites for hydroxylation is 1. The highest BCUT2D eigenvalue weighted by molar-refractivity contribution is 9.10. The average molecular weight is 249 g/mol. The van der Waals surface area contributed by atoms with Gasteiger partial charge in [-0.05, 0) is 15.9 Å². The Morgan fingerprint density at radius 3 is 2.85 bits per heavy atom. The summed E-state index contributed by atoms with van der Waals surface area (Å²) >= 11 is 3.22. The van der Waals surface area contributed by atoms with Crippen LogP contribution in [-0.2, 0) is 18.3 Å². The summed E-state index contributed by atoms with van der Waals surface area (Å²) in [6.45, 7) is 0. The zero-order valence-electron chi connectivity index (χ0n) is 6.94. The molecule has 0 aliphatic rings. The lowest BCUT2D eigenvalue weighted by Gasteiger charge is -2.03. The minimum absolute atomic E-state index is 0.0593. The van der Waals surface area contributed by atoms with E-state index in [0.717, 1.165) is 0 Å². The Morgan fingerprint density at radius 1 is 1.85 bits per heavy atom. The Bertz CT molecular complexity index is 324. The first-order valence-electron chi connectivity index (χ1n) is 3.59. The minimum atomic E-state index is -1.37. The van der Waals surface area contributed by atoms with E-state index in [9.17, 15) is 4.79 Å². The van der Waals surface area contributed by atoms with Crippen LogP contribution in [0.2, 0.25) is 0 Å². The van der Waals surface area contributed by atoms with E-state index < -0.39 is 12.1 Å². The van der Waals surface area contributed by atoms with Crippen LogP contribution in [0.3, 0.4) is 0 Å². The summed E-state index contributed by atoms with van der Waals surface area (Å²) < 4.78 is 2.25. The van der Waals surface area contributed by atoms with Gasteiger partial charge < -0.3 is 10.2 Å². The van der Waals surface area contributed by atoms with E-state index in [0.29, 0.717) is 10.2 Å². The van der Waals surface area contributed by atoms with E-state index in [4.69, 9.17) is 10.2 Å². The first-order valence-corrected chi connectivity index (χ1v) is 4.39. The zero-order chi connectivity index (χ0) is 10.0. The number of hydrogen-bond donors (Lipinski definition) is 2. The lowest BCUT2D eigenvalue weighted by molar-refractivity contribution is -0.146. The molecule has 1 rings (SSSR count). The van der Waals surface area contributed by atoms with Gasteiger partial charge in [-0.15, -0.1) is 0 Å². The Kier molecular flexibility index (Phi) is 3.05. The standard InChI is InChI=1S/C7H9BrN2O3/c1-10-6(8)4(3-9-10)2-5(11)7(12)13/h3,5,11H,2H2,1H3,(H,12,13). The number of carboxylic acids is 1. The van der Waals surface area contributed by atoms with Crippen LogP contribution >= 0.6 is 15.9 Å². The van der Waals surface area contributed by atoms with Gasteiger partial charge >= 0.3 is 5.97 Å². The topological polar surface area (TPSA) is 75.3 Å². The molecular formula is C7H9BrN2O3. The summed E-state index contributed by atoms with van der Waals surface area (Å²) in [4.78, 5) is 10.3. The lowest BCUT2D eigenvalue weighted by Crippen LogP contribution is -2.21. The van der Waals surface area contributed by atoms with Crippen molar-refractivity contribution in [3.05, 3.63) is 16.4 Å². The summed E-state index contributed by atoms with van der Waals surface area (Å²) in [6.07, 6.45) is 0.209. The van der Waals surface area contributed by atoms with Gasteiger partial charge in [-0.3, -0.25) is 4.68 Å². The molecule has 6 heteroatoms. The summed E-state index contributed by atoms with van der Waals surface area (Å²) in [5.41, 5.74) is 0.678. The van der Waals surface area contributed by atoms with Crippen LogP contribution in [0.4, 0.5) is 0 Å². The van der Waals surface area contributed by atoms with Gasteiger partial charge in [0.1, 0.15) is 4.60 Å². The number of aliphatic hydroxyl groups excluding tert-OH is 1. The molecule has 0 fully saturated rings. The highest BCUT2D eigenvalue weighted by atomic mass is 79.9. The van der Waals surface area contributed by atoms with Gasteiger partial charge in [0.05, 0.1) is 6.20 Å². The maximum absolute atomic E-state index is 10.3. The van der Waals surface area contributed by atoms with Gasteiger partial charge in [-0.2, -0.15) is 5.10 Å². The van der Waals surface area contributed by atoms with Gasteiger partial charge in [0.2, 0.25) is 0 Å². The molecule has 13 heavy (non-hydrogen) atoms. The number of aromatic nitrogens is 2. The number of aliphatic carboxylic acids is 1. The van der Waals surface area contributed by atoms with E-state index in [2.05, 4.69) is 21.0 Å². The van der Waals surface area contributed by atoms with Crippen LogP contribution in [0, 0.1) is 0 Å². The number of aliphatic hydroxyl groups is 1. The first-order chi connectivity index (χ1) is 6.02. The fourth-order valence-corrected chi connectivity index (χ4v) is 1.26. The number of halogens is 1. The molecule has 1 atom stereocenters. The second-order valence-corrected chi connectivity index (χ2v) is 3.39. The SMILES string of the molecule is Cn1ncc(CC(O)C(=O)O)c1Br. The Labute approximate surface area is 83.1 Å². The molecule has 5 nitrogen and oxygen atoms in total. The predicted octanol–water partition coefficient (Wildman–Crippen LogP) is 0.171. The molecule has 0 amide bonds. The van der Waals surface area contributed by atoms with Gasteiger partial charge in [0, 0.05) is 19.0 Å². The molecule has 0 spiro atoms. The average Bonchev–Trinajstić information content (AvgIpc) is 2.36. The number of hydrogen-bond acceptors (Lipinski definition) is 3. The van der Waals surface area contributed by atoms with E-state index in [1.54, 1.807) is 11.7 Å². The Balaban J connectivity index is 2.74. The van der Waals surface area contributed by atoms with Crippen molar-refractivity contribution in [2.75, 3.05) is 0 Å². The van der Waals surface area contributed by atoms with Crippen molar-refractivity contribution < 1.29 is 15.0 Å². The molecule has 0 bridgehead atoms. The van der Waals surface area contributed by atoms with E-state index >= 15 is 0 Å². The number of carbonyl (C=O) groups is 1. The van der Waals surface area contributed by atoms with Crippen LogP contribution < -0.4 is 0 Å². The maximum atomic E-state index is 10.3. The van der Waals surface area contributed by atoms with Crippen molar-refractivity contribution in [2.45, 2.75) is 12.5 Å². The molecule has 1 unspecified atom stereocenters. The highest BCUT2D eigenvalue weighted by Crippen LogP contribution is 2.16. The van der Waals surface area contributed by atoms with Crippen molar-refractivity contribution in [3.8, 4) is 0 Å². The van der Waals surface area contributed by atoms with Gasteiger partial charge in [-0.25, -0.2) is 4.79 Å². The van der Waals surface area contributed by atoms with E-state index in [-0.39, 0.29) is 6.42 Å².